The Morgan fingerprint density at radius 1 is 1.21 bits per heavy atom. The van der Waals surface area contributed by atoms with E-state index in [0.717, 1.165) is 5.56 Å². The Labute approximate surface area is 144 Å². The summed E-state index contributed by atoms with van der Waals surface area (Å²) >= 11 is 5.78. The van der Waals surface area contributed by atoms with Crippen LogP contribution in [0.4, 0.5) is 0 Å². The molecule has 0 aliphatic carbocycles. The van der Waals surface area contributed by atoms with Crippen molar-refractivity contribution in [1.29, 1.82) is 0 Å². The highest BCUT2D eigenvalue weighted by molar-refractivity contribution is 6.30. The summed E-state index contributed by atoms with van der Waals surface area (Å²) in [5.74, 6) is 1.57. The van der Waals surface area contributed by atoms with Crippen molar-refractivity contribution in [3.8, 4) is 17.2 Å². The number of rotatable bonds is 5. The van der Waals surface area contributed by atoms with Crippen LogP contribution in [0.25, 0.3) is 0 Å². The molecule has 0 unspecified atom stereocenters. The maximum Gasteiger partial charge on any atom is 0.277 e. The Morgan fingerprint density at radius 2 is 1.96 bits per heavy atom. The number of hydrazone groups is 1. The van der Waals surface area contributed by atoms with E-state index in [1.54, 1.807) is 31.2 Å². The van der Waals surface area contributed by atoms with E-state index in [9.17, 15) is 4.79 Å². The predicted octanol–water partition coefficient (Wildman–Crippen LogP) is 2.99. The van der Waals surface area contributed by atoms with Crippen LogP contribution in [0.5, 0.6) is 17.2 Å². The number of carbonyl (C=O) groups excluding carboxylic acids is 1. The monoisotopic (exact) mass is 346 g/mol. The van der Waals surface area contributed by atoms with Gasteiger partial charge in [-0.2, -0.15) is 5.10 Å². The molecule has 0 saturated carbocycles. The van der Waals surface area contributed by atoms with Crippen LogP contribution < -0.4 is 19.6 Å². The molecule has 1 aliphatic heterocycles. The van der Waals surface area contributed by atoms with E-state index >= 15 is 0 Å². The highest BCUT2D eigenvalue weighted by Crippen LogP contribution is 2.32. The molecule has 0 fully saturated rings. The van der Waals surface area contributed by atoms with E-state index in [1.807, 2.05) is 18.2 Å². The van der Waals surface area contributed by atoms with Crippen molar-refractivity contribution in [3.05, 3.63) is 53.1 Å². The SMILES string of the molecule is C/C(=N/NC(=O)COc1ccc(Cl)cc1)c1ccc2c(c1)OCO2. The molecule has 24 heavy (non-hydrogen) atoms. The third kappa shape index (κ3) is 3.97. The highest BCUT2D eigenvalue weighted by atomic mass is 35.5. The van der Waals surface area contributed by atoms with Gasteiger partial charge in [0, 0.05) is 10.6 Å². The number of amides is 1. The van der Waals surface area contributed by atoms with E-state index in [1.165, 1.54) is 0 Å². The highest BCUT2D eigenvalue weighted by Gasteiger charge is 2.14. The number of fused-ring (bicyclic) bond motifs is 1. The quantitative estimate of drug-likeness (QED) is 0.667. The zero-order valence-electron chi connectivity index (χ0n) is 12.9. The molecule has 1 N–H and O–H groups in total. The lowest BCUT2D eigenvalue weighted by Crippen LogP contribution is -2.25. The molecule has 3 rings (SSSR count). The molecule has 1 heterocycles. The normalized spacial score (nSPS) is 12.8. The first kappa shape index (κ1) is 16.1. The van der Waals surface area contributed by atoms with Gasteiger partial charge in [-0.3, -0.25) is 4.79 Å². The molecule has 124 valence electrons. The van der Waals surface area contributed by atoms with Gasteiger partial charge in [-0.15, -0.1) is 0 Å². The fourth-order valence-electron chi connectivity index (χ4n) is 2.04. The summed E-state index contributed by atoms with van der Waals surface area (Å²) in [6, 6.07) is 12.2. The van der Waals surface area contributed by atoms with Crippen LogP contribution in [0.3, 0.4) is 0 Å². The smallest absolute Gasteiger partial charge is 0.277 e. The molecule has 1 amide bonds. The number of carbonyl (C=O) groups is 1. The van der Waals surface area contributed by atoms with Crippen molar-refractivity contribution in [2.45, 2.75) is 6.92 Å². The first-order valence-corrected chi connectivity index (χ1v) is 7.61. The second-order valence-electron chi connectivity index (χ2n) is 5.04. The average Bonchev–Trinajstić information content (AvgIpc) is 3.06. The van der Waals surface area contributed by atoms with Crippen LogP contribution in [0.1, 0.15) is 12.5 Å². The van der Waals surface area contributed by atoms with E-state index in [2.05, 4.69) is 10.5 Å². The molecule has 1 aliphatic rings. The van der Waals surface area contributed by atoms with Gasteiger partial charge in [0.05, 0.1) is 5.71 Å². The summed E-state index contributed by atoms with van der Waals surface area (Å²) < 4.78 is 15.9. The van der Waals surface area contributed by atoms with Gasteiger partial charge in [0.25, 0.3) is 5.91 Å². The lowest BCUT2D eigenvalue weighted by Gasteiger charge is -2.06. The summed E-state index contributed by atoms with van der Waals surface area (Å²) in [5, 5.41) is 4.67. The molecule has 0 radical (unpaired) electrons. The topological polar surface area (TPSA) is 69.2 Å². The Morgan fingerprint density at radius 3 is 2.75 bits per heavy atom. The Kier molecular flexibility index (Phi) is 4.86. The van der Waals surface area contributed by atoms with Crippen molar-refractivity contribution in [1.82, 2.24) is 5.43 Å². The molecule has 2 aromatic rings. The molecule has 0 saturated heterocycles. The summed E-state index contributed by atoms with van der Waals surface area (Å²) in [6.07, 6.45) is 0. The van der Waals surface area contributed by atoms with Crippen LogP contribution in [-0.4, -0.2) is 25.0 Å². The van der Waals surface area contributed by atoms with Crippen LogP contribution in [-0.2, 0) is 4.79 Å². The summed E-state index contributed by atoms with van der Waals surface area (Å²) in [5.41, 5.74) is 3.93. The van der Waals surface area contributed by atoms with Gasteiger partial charge in [-0.1, -0.05) is 11.6 Å². The lowest BCUT2D eigenvalue weighted by molar-refractivity contribution is -0.123. The number of nitrogens with one attached hydrogen (secondary N) is 1. The number of hydrogen-bond donors (Lipinski definition) is 1. The zero-order chi connectivity index (χ0) is 16.9. The largest absolute Gasteiger partial charge is 0.484 e. The second-order valence-corrected chi connectivity index (χ2v) is 5.48. The molecule has 0 atom stereocenters. The molecule has 7 heteroatoms. The Balaban J connectivity index is 1.54. The maximum absolute atomic E-state index is 11.8. The fraction of sp³-hybridized carbons (Fsp3) is 0.176. The minimum atomic E-state index is -0.356. The number of benzene rings is 2. The van der Waals surface area contributed by atoms with Crippen molar-refractivity contribution in [3.63, 3.8) is 0 Å². The number of hydrogen-bond acceptors (Lipinski definition) is 5. The van der Waals surface area contributed by atoms with Gasteiger partial charge < -0.3 is 14.2 Å². The van der Waals surface area contributed by atoms with Gasteiger partial charge in [0.15, 0.2) is 18.1 Å². The van der Waals surface area contributed by atoms with Crippen LogP contribution in [0.15, 0.2) is 47.6 Å². The number of ether oxygens (including phenoxy) is 3. The van der Waals surface area contributed by atoms with Crippen molar-refractivity contribution < 1.29 is 19.0 Å². The van der Waals surface area contributed by atoms with Crippen LogP contribution >= 0.6 is 11.6 Å². The minimum absolute atomic E-state index is 0.139. The van der Waals surface area contributed by atoms with E-state index < -0.39 is 0 Å². The predicted molar refractivity (Wildman–Crippen MR) is 89.9 cm³/mol. The van der Waals surface area contributed by atoms with Crippen molar-refractivity contribution in [2.24, 2.45) is 5.10 Å². The van der Waals surface area contributed by atoms with Gasteiger partial charge in [0.2, 0.25) is 6.79 Å². The molecule has 0 bridgehead atoms. The number of nitrogens with zero attached hydrogens (tertiary/aromatic N) is 1. The molecule has 0 aromatic heterocycles. The zero-order valence-corrected chi connectivity index (χ0v) is 13.7. The van der Waals surface area contributed by atoms with Crippen LogP contribution in [0.2, 0.25) is 5.02 Å². The van der Waals surface area contributed by atoms with Gasteiger partial charge in [-0.25, -0.2) is 5.43 Å². The van der Waals surface area contributed by atoms with Gasteiger partial charge in [0.1, 0.15) is 5.75 Å². The molecular weight excluding hydrogens is 332 g/mol. The maximum atomic E-state index is 11.8. The van der Waals surface area contributed by atoms with Crippen LogP contribution in [0, 0.1) is 0 Å². The lowest BCUT2D eigenvalue weighted by atomic mass is 10.1. The average molecular weight is 347 g/mol. The summed E-state index contributed by atoms with van der Waals surface area (Å²) in [6.45, 7) is 1.87. The minimum Gasteiger partial charge on any atom is -0.484 e. The summed E-state index contributed by atoms with van der Waals surface area (Å²) in [7, 11) is 0. The molecule has 6 nitrogen and oxygen atoms in total. The Bertz CT molecular complexity index is 775. The third-order valence-corrected chi connectivity index (χ3v) is 3.57. The first-order chi connectivity index (χ1) is 11.6. The standard InChI is InChI=1S/C17H15ClN2O4/c1-11(12-2-7-15-16(8-12)24-10-23-15)19-20-17(21)9-22-14-5-3-13(18)4-6-14/h2-8H,9-10H2,1H3,(H,20,21)/b19-11-. The first-order valence-electron chi connectivity index (χ1n) is 7.23. The van der Waals surface area contributed by atoms with Gasteiger partial charge in [-0.05, 0) is 49.4 Å². The Hall–Kier alpha value is -2.73. The van der Waals surface area contributed by atoms with E-state index in [4.69, 9.17) is 25.8 Å². The molecule has 2 aromatic carbocycles. The number of halogens is 1. The van der Waals surface area contributed by atoms with Crippen molar-refractivity contribution in [2.75, 3.05) is 13.4 Å². The third-order valence-electron chi connectivity index (χ3n) is 3.32. The molecular formula is C17H15ClN2O4. The summed E-state index contributed by atoms with van der Waals surface area (Å²) in [4.78, 5) is 11.8. The van der Waals surface area contributed by atoms with E-state index in [-0.39, 0.29) is 19.3 Å². The van der Waals surface area contributed by atoms with Crippen molar-refractivity contribution >= 4 is 23.2 Å². The van der Waals surface area contributed by atoms with Gasteiger partial charge >= 0.3 is 0 Å². The molecule has 0 spiro atoms. The van der Waals surface area contributed by atoms with E-state index in [0.29, 0.717) is 28.0 Å². The fourth-order valence-corrected chi connectivity index (χ4v) is 2.17. The second kappa shape index (κ2) is 7.23.